The van der Waals surface area contributed by atoms with Gasteiger partial charge in [0.2, 0.25) is 5.91 Å². The molecule has 2 heterocycles. The third-order valence-electron chi connectivity index (χ3n) is 5.04. The standard InChI is InChI=1S/C17H24N2O/c1-15(20)19-11-8-17(9-12-19)7-10-18(14-17)13-16-5-3-2-4-6-16/h2-6H,7-14H2,1H3. The van der Waals surface area contributed by atoms with E-state index in [0.29, 0.717) is 5.41 Å². The van der Waals surface area contributed by atoms with Crippen LogP contribution in [0.4, 0.5) is 0 Å². The molecule has 3 heteroatoms. The molecular weight excluding hydrogens is 248 g/mol. The zero-order valence-electron chi connectivity index (χ0n) is 12.3. The Bertz CT molecular complexity index is 463. The van der Waals surface area contributed by atoms with Crippen molar-refractivity contribution < 1.29 is 4.79 Å². The van der Waals surface area contributed by atoms with Gasteiger partial charge in [-0.3, -0.25) is 9.69 Å². The molecule has 2 aliphatic rings. The van der Waals surface area contributed by atoms with Crippen molar-refractivity contribution in [3.63, 3.8) is 0 Å². The monoisotopic (exact) mass is 272 g/mol. The maximum atomic E-state index is 11.4. The molecule has 1 aromatic rings. The largest absolute Gasteiger partial charge is 0.343 e. The molecule has 0 radical (unpaired) electrons. The van der Waals surface area contributed by atoms with Gasteiger partial charge in [0.05, 0.1) is 0 Å². The highest BCUT2D eigenvalue weighted by Gasteiger charge is 2.40. The van der Waals surface area contributed by atoms with Crippen molar-refractivity contribution in [2.24, 2.45) is 5.41 Å². The lowest BCUT2D eigenvalue weighted by Gasteiger charge is -2.39. The van der Waals surface area contributed by atoms with E-state index in [1.807, 2.05) is 4.90 Å². The lowest BCUT2D eigenvalue weighted by Crippen LogP contribution is -2.43. The van der Waals surface area contributed by atoms with Gasteiger partial charge in [-0.25, -0.2) is 0 Å². The number of carbonyl (C=O) groups is 1. The average molecular weight is 272 g/mol. The Labute approximate surface area is 121 Å². The molecule has 0 bridgehead atoms. The summed E-state index contributed by atoms with van der Waals surface area (Å²) >= 11 is 0. The van der Waals surface area contributed by atoms with Crippen molar-refractivity contribution in [1.82, 2.24) is 9.80 Å². The minimum Gasteiger partial charge on any atom is -0.343 e. The number of hydrogen-bond donors (Lipinski definition) is 0. The summed E-state index contributed by atoms with van der Waals surface area (Å²) in [6.07, 6.45) is 3.65. The fourth-order valence-electron chi connectivity index (χ4n) is 3.71. The van der Waals surface area contributed by atoms with Crippen LogP contribution in [0.1, 0.15) is 31.7 Å². The summed E-state index contributed by atoms with van der Waals surface area (Å²) in [5, 5.41) is 0. The molecule has 0 atom stereocenters. The van der Waals surface area contributed by atoms with Crippen LogP contribution in [0.2, 0.25) is 0 Å². The molecule has 108 valence electrons. The summed E-state index contributed by atoms with van der Waals surface area (Å²) in [7, 11) is 0. The molecule has 1 spiro atoms. The summed E-state index contributed by atoms with van der Waals surface area (Å²) in [5.41, 5.74) is 1.88. The predicted octanol–water partition coefficient (Wildman–Crippen LogP) is 2.52. The molecule has 0 aliphatic carbocycles. The van der Waals surface area contributed by atoms with E-state index < -0.39 is 0 Å². The number of nitrogens with zero attached hydrogens (tertiary/aromatic N) is 2. The van der Waals surface area contributed by atoms with Crippen molar-refractivity contribution in [2.75, 3.05) is 26.2 Å². The number of hydrogen-bond acceptors (Lipinski definition) is 2. The van der Waals surface area contributed by atoms with E-state index in [-0.39, 0.29) is 5.91 Å². The van der Waals surface area contributed by atoms with E-state index in [9.17, 15) is 4.79 Å². The highest BCUT2D eigenvalue weighted by molar-refractivity contribution is 5.73. The van der Waals surface area contributed by atoms with Crippen molar-refractivity contribution in [2.45, 2.75) is 32.7 Å². The van der Waals surface area contributed by atoms with Crippen LogP contribution in [0, 0.1) is 5.41 Å². The highest BCUT2D eigenvalue weighted by atomic mass is 16.2. The Hall–Kier alpha value is -1.35. The van der Waals surface area contributed by atoms with Gasteiger partial charge in [-0.2, -0.15) is 0 Å². The zero-order valence-corrected chi connectivity index (χ0v) is 12.3. The maximum Gasteiger partial charge on any atom is 0.219 e. The average Bonchev–Trinajstić information content (AvgIpc) is 2.83. The van der Waals surface area contributed by atoms with Crippen LogP contribution in [0.15, 0.2) is 30.3 Å². The quantitative estimate of drug-likeness (QED) is 0.826. The van der Waals surface area contributed by atoms with E-state index in [2.05, 4.69) is 35.2 Å². The molecule has 1 aromatic carbocycles. The second-order valence-electron chi connectivity index (χ2n) is 6.45. The van der Waals surface area contributed by atoms with Crippen molar-refractivity contribution in [3.05, 3.63) is 35.9 Å². The van der Waals surface area contributed by atoms with E-state index in [0.717, 1.165) is 19.6 Å². The minimum atomic E-state index is 0.235. The Morgan fingerprint density at radius 2 is 1.75 bits per heavy atom. The summed E-state index contributed by atoms with van der Waals surface area (Å²) in [6, 6.07) is 10.7. The van der Waals surface area contributed by atoms with Crippen LogP contribution < -0.4 is 0 Å². The Balaban J connectivity index is 1.56. The van der Waals surface area contributed by atoms with Crippen molar-refractivity contribution in [3.8, 4) is 0 Å². The third kappa shape index (κ3) is 2.88. The molecule has 0 aromatic heterocycles. The number of benzene rings is 1. The molecule has 1 amide bonds. The number of carbonyl (C=O) groups excluding carboxylic acids is 1. The molecule has 0 unspecified atom stereocenters. The fraction of sp³-hybridized carbons (Fsp3) is 0.588. The molecule has 2 aliphatic heterocycles. The van der Waals surface area contributed by atoms with E-state index in [1.54, 1.807) is 6.92 Å². The molecule has 20 heavy (non-hydrogen) atoms. The molecule has 2 saturated heterocycles. The molecule has 0 N–H and O–H groups in total. The maximum absolute atomic E-state index is 11.4. The van der Waals surface area contributed by atoms with Gasteiger partial charge >= 0.3 is 0 Å². The van der Waals surface area contributed by atoms with Gasteiger partial charge in [-0.05, 0) is 36.8 Å². The van der Waals surface area contributed by atoms with Gasteiger partial charge in [0.1, 0.15) is 0 Å². The van der Waals surface area contributed by atoms with Crippen molar-refractivity contribution in [1.29, 1.82) is 0 Å². The van der Waals surface area contributed by atoms with Crippen LogP contribution in [-0.4, -0.2) is 41.9 Å². The van der Waals surface area contributed by atoms with Crippen LogP contribution in [-0.2, 0) is 11.3 Å². The second kappa shape index (κ2) is 5.57. The van der Waals surface area contributed by atoms with Crippen LogP contribution in [0.3, 0.4) is 0 Å². The fourth-order valence-corrected chi connectivity index (χ4v) is 3.71. The van der Waals surface area contributed by atoms with Gasteiger partial charge in [0.15, 0.2) is 0 Å². The van der Waals surface area contributed by atoms with E-state index in [1.165, 1.54) is 37.9 Å². The number of likely N-dealkylation sites (tertiary alicyclic amines) is 2. The van der Waals surface area contributed by atoms with Gasteiger partial charge < -0.3 is 4.90 Å². The Kier molecular flexibility index (Phi) is 3.79. The van der Waals surface area contributed by atoms with Gasteiger partial charge in [0.25, 0.3) is 0 Å². The number of amides is 1. The van der Waals surface area contributed by atoms with Gasteiger partial charge in [-0.1, -0.05) is 30.3 Å². The smallest absolute Gasteiger partial charge is 0.219 e. The highest BCUT2D eigenvalue weighted by Crippen LogP contribution is 2.40. The SMILES string of the molecule is CC(=O)N1CCC2(CCN(Cc3ccccc3)C2)CC1. The van der Waals surface area contributed by atoms with E-state index in [4.69, 9.17) is 0 Å². The Morgan fingerprint density at radius 1 is 1.10 bits per heavy atom. The molecule has 3 rings (SSSR count). The first-order valence-corrected chi connectivity index (χ1v) is 7.69. The van der Waals surface area contributed by atoms with Crippen LogP contribution >= 0.6 is 0 Å². The summed E-state index contributed by atoms with van der Waals surface area (Å²) in [6.45, 7) is 7.07. The third-order valence-corrected chi connectivity index (χ3v) is 5.04. The molecular formula is C17H24N2O. The normalized spacial score (nSPS) is 22.4. The lowest BCUT2D eigenvalue weighted by atomic mass is 9.78. The molecule has 0 saturated carbocycles. The first kappa shape index (κ1) is 13.6. The number of piperidine rings is 1. The van der Waals surface area contributed by atoms with Crippen LogP contribution in [0.25, 0.3) is 0 Å². The van der Waals surface area contributed by atoms with Crippen molar-refractivity contribution >= 4 is 5.91 Å². The summed E-state index contributed by atoms with van der Waals surface area (Å²) in [5.74, 6) is 0.235. The van der Waals surface area contributed by atoms with Crippen LogP contribution in [0.5, 0.6) is 0 Å². The first-order valence-electron chi connectivity index (χ1n) is 7.69. The second-order valence-corrected chi connectivity index (χ2v) is 6.45. The summed E-state index contributed by atoms with van der Waals surface area (Å²) in [4.78, 5) is 16.0. The topological polar surface area (TPSA) is 23.6 Å². The lowest BCUT2D eigenvalue weighted by molar-refractivity contribution is -0.131. The first-order chi connectivity index (χ1) is 9.67. The summed E-state index contributed by atoms with van der Waals surface area (Å²) < 4.78 is 0. The minimum absolute atomic E-state index is 0.235. The molecule has 2 fully saturated rings. The number of rotatable bonds is 2. The molecule has 3 nitrogen and oxygen atoms in total. The van der Waals surface area contributed by atoms with Gasteiger partial charge in [0, 0.05) is 33.1 Å². The van der Waals surface area contributed by atoms with Gasteiger partial charge in [-0.15, -0.1) is 0 Å². The predicted molar refractivity (Wildman–Crippen MR) is 80.3 cm³/mol. The Morgan fingerprint density at radius 3 is 2.40 bits per heavy atom. The zero-order chi connectivity index (χ0) is 14.0. The van der Waals surface area contributed by atoms with E-state index >= 15 is 0 Å².